The van der Waals surface area contributed by atoms with Crippen molar-refractivity contribution in [3.05, 3.63) is 29.8 Å². The number of carbonyl (C=O) groups is 2. The number of hydrogen-bond acceptors (Lipinski definition) is 6. The van der Waals surface area contributed by atoms with Crippen LogP contribution in [0.4, 0.5) is 4.79 Å². The number of aliphatic imine (C=N–C) groups is 2. The van der Waals surface area contributed by atoms with Crippen LogP contribution in [-0.2, 0) is 4.74 Å². The molecule has 0 radical (unpaired) electrons. The van der Waals surface area contributed by atoms with E-state index in [9.17, 15) is 9.59 Å². The van der Waals surface area contributed by atoms with Crippen LogP contribution >= 0.6 is 11.6 Å². The van der Waals surface area contributed by atoms with Gasteiger partial charge in [0, 0.05) is 30.1 Å². The summed E-state index contributed by atoms with van der Waals surface area (Å²) < 4.78 is 9.93. The molecule has 7 heteroatoms. The van der Waals surface area contributed by atoms with E-state index in [1.54, 1.807) is 0 Å². The second-order valence-corrected chi connectivity index (χ2v) is 5.32. The lowest BCUT2D eigenvalue weighted by molar-refractivity contribution is 0.0342. The molecule has 0 aliphatic heterocycles. The van der Waals surface area contributed by atoms with Gasteiger partial charge in [0.1, 0.15) is 12.4 Å². The van der Waals surface area contributed by atoms with Gasteiger partial charge in [-0.15, -0.1) is 0 Å². The molecular formula is C15H17ClN2O4. The maximum Gasteiger partial charge on any atom is 0.409 e. The highest BCUT2D eigenvalue weighted by molar-refractivity contribution is 6.61. The van der Waals surface area contributed by atoms with Crippen LogP contribution < -0.4 is 4.74 Å². The van der Waals surface area contributed by atoms with Crippen molar-refractivity contribution < 1.29 is 19.1 Å². The summed E-state index contributed by atoms with van der Waals surface area (Å²) in [5.74, 6) is -0.254. The van der Waals surface area contributed by atoms with Gasteiger partial charge < -0.3 is 19.5 Å². The first kappa shape index (κ1) is 17.8. The Bertz CT molecular complexity index is 547. The smallest absolute Gasteiger partial charge is 0.409 e. The molecule has 0 spiro atoms. The molecule has 22 heavy (non-hydrogen) atoms. The van der Waals surface area contributed by atoms with E-state index in [-0.39, 0.29) is 12.4 Å². The van der Waals surface area contributed by atoms with E-state index in [4.69, 9.17) is 16.3 Å². The van der Waals surface area contributed by atoms with Gasteiger partial charge in [0.25, 0.3) is 0 Å². The summed E-state index contributed by atoms with van der Waals surface area (Å²) in [6, 6.07) is 5.86. The molecule has 0 saturated carbocycles. The van der Waals surface area contributed by atoms with Gasteiger partial charge in [-0.2, -0.15) is 0 Å². The minimum atomic E-state index is -0.944. The van der Waals surface area contributed by atoms with Gasteiger partial charge in [0.2, 0.25) is 0 Å². The summed E-state index contributed by atoms with van der Waals surface area (Å²) in [5, 5.41) is 0. The summed E-state index contributed by atoms with van der Waals surface area (Å²) in [7, 11) is 0. The minimum absolute atomic E-state index is 0.141. The van der Waals surface area contributed by atoms with Gasteiger partial charge in [-0.25, -0.2) is 9.59 Å². The molecular weight excluding hydrogens is 308 g/mol. The fourth-order valence-corrected chi connectivity index (χ4v) is 1.85. The number of benzene rings is 1. The van der Waals surface area contributed by atoms with E-state index in [2.05, 4.69) is 28.2 Å². The van der Waals surface area contributed by atoms with E-state index in [1.165, 1.54) is 24.3 Å². The molecule has 0 saturated heterocycles. The van der Waals surface area contributed by atoms with Crippen LogP contribution in [0.1, 0.15) is 17.3 Å². The van der Waals surface area contributed by atoms with Gasteiger partial charge in [0.05, 0.1) is 5.56 Å². The molecule has 0 aromatic heterocycles. The molecule has 6 nitrogen and oxygen atoms in total. The first-order chi connectivity index (χ1) is 10.4. The van der Waals surface area contributed by atoms with Crippen molar-refractivity contribution >= 4 is 36.4 Å². The maximum absolute atomic E-state index is 12.0. The van der Waals surface area contributed by atoms with Crippen molar-refractivity contribution in [3.8, 4) is 5.75 Å². The zero-order valence-corrected chi connectivity index (χ0v) is 13.0. The Hall–Kier alpha value is -2.21. The molecule has 1 aromatic rings. The molecule has 1 aromatic carbocycles. The van der Waals surface area contributed by atoms with Gasteiger partial charge in [-0.1, -0.05) is 6.92 Å². The van der Waals surface area contributed by atoms with Crippen LogP contribution in [-0.4, -0.2) is 44.5 Å². The fourth-order valence-electron chi connectivity index (χ4n) is 1.76. The molecule has 0 atom stereocenters. The molecule has 118 valence electrons. The van der Waals surface area contributed by atoms with Crippen molar-refractivity contribution in [2.45, 2.75) is 6.92 Å². The van der Waals surface area contributed by atoms with Crippen LogP contribution in [0.25, 0.3) is 0 Å². The molecule has 1 rings (SSSR count). The van der Waals surface area contributed by atoms with Crippen molar-refractivity contribution in [1.29, 1.82) is 0 Å². The Labute approximate surface area is 133 Å². The van der Waals surface area contributed by atoms with Gasteiger partial charge in [0.15, 0.2) is 0 Å². The maximum atomic E-state index is 12.0. The topological polar surface area (TPSA) is 77.3 Å². The zero-order valence-electron chi connectivity index (χ0n) is 12.3. The second-order valence-electron chi connectivity index (χ2n) is 5.01. The second kappa shape index (κ2) is 8.29. The summed E-state index contributed by atoms with van der Waals surface area (Å²) in [6.45, 7) is 9.72. The lowest BCUT2D eigenvalue weighted by Gasteiger charge is -2.24. The largest absolute Gasteiger partial charge is 0.461 e. The van der Waals surface area contributed by atoms with E-state index in [1.807, 2.05) is 6.92 Å². The Morgan fingerprint density at radius 2 is 1.73 bits per heavy atom. The number of carbonyl (C=O) groups excluding carboxylic acids is 2. The quantitative estimate of drug-likeness (QED) is 0.418. The first-order valence-electron chi connectivity index (χ1n) is 6.40. The molecule has 0 bridgehead atoms. The number of halogens is 1. The minimum Gasteiger partial charge on any atom is -0.461 e. The summed E-state index contributed by atoms with van der Waals surface area (Å²) >= 11 is 5.09. The predicted molar refractivity (Wildman–Crippen MR) is 85.5 cm³/mol. The van der Waals surface area contributed by atoms with Gasteiger partial charge in [-0.3, -0.25) is 0 Å². The van der Waals surface area contributed by atoms with Crippen LogP contribution in [0, 0.1) is 5.41 Å². The van der Waals surface area contributed by atoms with Crippen molar-refractivity contribution in [1.82, 2.24) is 0 Å². The number of hydrogen-bond donors (Lipinski definition) is 0. The SMILES string of the molecule is C=NCC(C)(CN=C)COC(=O)c1ccc(OC(=O)Cl)cc1. The molecule has 0 amide bonds. The highest BCUT2D eigenvalue weighted by Gasteiger charge is 2.25. The van der Waals surface area contributed by atoms with E-state index in [0.717, 1.165) is 0 Å². The van der Waals surface area contributed by atoms with Gasteiger partial charge >= 0.3 is 11.4 Å². The monoisotopic (exact) mass is 324 g/mol. The zero-order chi connectivity index (χ0) is 16.6. The first-order valence-corrected chi connectivity index (χ1v) is 6.77. The molecule has 0 heterocycles. The molecule has 0 fully saturated rings. The third-order valence-corrected chi connectivity index (χ3v) is 2.90. The molecule has 0 unspecified atom stereocenters. The van der Waals surface area contributed by atoms with Crippen LogP contribution in [0.5, 0.6) is 5.75 Å². The molecule has 0 aliphatic rings. The fraction of sp³-hybridized carbons (Fsp3) is 0.333. The van der Waals surface area contributed by atoms with Crippen LogP contribution in [0.15, 0.2) is 34.3 Å². The summed E-state index contributed by atoms with van der Waals surface area (Å²) in [5.41, 5.74) is -1.05. The average molecular weight is 325 g/mol. The molecule has 0 aliphatic carbocycles. The van der Waals surface area contributed by atoms with E-state index in [0.29, 0.717) is 18.7 Å². The molecule has 0 N–H and O–H groups in total. The van der Waals surface area contributed by atoms with Gasteiger partial charge in [-0.05, 0) is 37.7 Å². The van der Waals surface area contributed by atoms with Crippen LogP contribution in [0.2, 0.25) is 0 Å². The third kappa shape index (κ3) is 5.65. The van der Waals surface area contributed by atoms with E-state index < -0.39 is 16.8 Å². The Balaban J connectivity index is 2.66. The number of nitrogens with zero attached hydrogens (tertiary/aromatic N) is 2. The lowest BCUT2D eigenvalue weighted by atomic mass is 9.92. The Morgan fingerprint density at radius 3 is 2.18 bits per heavy atom. The lowest BCUT2D eigenvalue weighted by Crippen LogP contribution is -2.31. The highest BCUT2D eigenvalue weighted by Crippen LogP contribution is 2.19. The predicted octanol–water partition coefficient (Wildman–Crippen LogP) is 2.99. The summed E-state index contributed by atoms with van der Waals surface area (Å²) in [4.78, 5) is 30.2. The van der Waals surface area contributed by atoms with E-state index >= 15 is 0 Å². The normalized spacial score (nSPS) is 10.6. The summed E-state index contributed by atoms with van der Waals surface area (Å²) in [6.07, 6.45) is 0. The standard InChI is InChI=1S/C15H17ClN2O4/c1-15(8-17-2,9-18-3)10-21-13(19)11-4-6-12(7-5-11)22-14(16)20/h4-7H,2-3,8-10H2,1H3. The van der Waals surface area contributed by atoms with Crippen molar-refractivity contribution in [2.24, 2.45) is 15.4 Å². The van der Waals surface area contributed by atoms with Crippen LogP contribution in [0.3, 0.4) is 0 Å². The Kier molecular flexibility index (Phi) is 6.72. The number of esters is 1. The average Bonchev–Trinajstić information content (AvgIpc) is 2.45. The van der Waals surface area contributed by atoms with Crippen molar-refractivity contribution in [2.75, 3.05) is 19.7 Å². The highest BCUT2D eigenvalue weighted by atomic mass is 35.5. The number of ether oxygens (including phenoxy) is 2. The van der Waals surface area contributed by atoms with Crippen molar-refractivity contribution in [3.63, 3.8) is 0 Å². The number of rotatable bonds is 8. The Morgan fingerprint density at radius 1 is 1.18 bits per heavy atom. The third-order valence-electron chi connectivity index (χ3n) is 2.83.